The highest BCUT2D eigenvalue weighted by Crippen LogP contribution is 2.19. The number of likely N-dealkylation sites (N-methyl/N-ethyl adjacent to an activating group) is 1. The van der Waals surface area contributed by atoms with Gasteiger partial charge < -0.3 is 25.0 Å². The molecule has 0 unspecified atom stereocenters. The minimum atomic E-state index is -0.332. The topological polar surface area (TPSA) is 62.8 Å². The Kier molecular flexibility index (Phi) is 8.01. The maximum absolute atomic E-state index is 11.8. The van der Waals surface area contributed by atoms with Gasteiger partial charge in [-0.15, -0.1) is 0 Å². The lowest BCUT2D eigenvalue weighted by atomic mass is 9.87. The van der Waals surface area contributed by atoms with Gasteiger partial charge in [0, 0.05) is 38.8 Å². The molecule has 1 aromatic carbocycles. The molecule has 1 saturated carbocycles. The summed E-state index contributed by atoms with van der Waals surface area (Å²) in [5.74, 6) is 0. The molecule has 24 heavy (non-hydrogen) atoms. The van der Waals surface area contributed by atoms with Gasteiger partial charge in [-0.1, -0.05) is 30.3 Å². The molecule has 1 aliphatic rings. The number of hydrogen-bond acceptors (Lipinski definition) is 5. The van der Waals surface area contributed by atoms with Crippen molar-refractivity contribution in [1.82, 2.24) is 15.5 Å². The van der Waals surface area contributed by atoms with Crippen LogP contribution in [0.4, 0.5) is 4.79 Å². The van der Waals surface area contributed by atoms with Crippen molar-refractivity contribution in [3.8, 4) is 0 Å². The summed E-state index contributed by atoms with van der Waals surface area (Å²) in [5.41, 5.74) is 0.999. The van der Waals surface area contributed by atoms with Gasteiger partial charge in [-0.3, -0.25) is 0 Å². The number of nitrogens with zero attached hydrogens (tertiary/aromatic N) is 1. The third-order valence-electron chi connectivity index (χ3n) is 4.28. The van der Waals surface area contributed by atoms with Crippen LogP contribution in [0.2, 0.25) is 0 Å². The van der Waals surface area contributed by atoms with Crippen LogP contribution in [0, 0.1) is 0 Å². The first-order chi connectivity index (χ1) is 11.7. The number of carbonyl (C=O) groups excluding carboxylic acids is 1. The molecule has 0 bridgehead atoms. The largest absolute Gasteiger partial charge is 0.445 e. The molecule has 1 amide bonds. The number of benzene rings is 1. The van der Waals surface area contributed by atoms with E-state index in [1.165, 1.54) is 0 Å². The fourth-order valence-electron chi connectivity index (χ4n) is 2.65. The van der Waals surface area contributed by atoms with Crippen LogP contribution < -0.4 is 10.6 Å². The summed E-state index contributed by atoms with van der Waals surface area (Å²) < 4.78 is 10.3. The minimum Gasteiger partial charge on any atom is -0.445 e. The summed E-state index contributed by atoms with van der Waals surface area (Å²) >= 11 is 0. The van der Waals surface area contributed by atoms with Gasteiger partial charge in [0.05, 0.1) is 6.61 Å². The molecule has 0 heterocycles. The number of nitrogens with one attached hydrogen (secondary N) is 2. The highest BCUT2D eigenvalue weighted by atomic mass is 16.5. The number of ether oxygens (including phenoxy) is 2. The van der Waals surface area contributed by atoms with Crippen LogP contribution in [0.25, 0.3) is 0 Å². The van der Waals surface area contributed by atoms with E-state index in [0.717, 1.165) is 44.6 Å². The van der Waals surface area contributed by atoms with Crippen molar-refractivity contribution < 1.29 is 14.3 Å². The van der Waals surface area contributed by atoms with Gasteiger partial charge in [0.2, 0.25) is 0 Å². The Morgan fingerprint density at radius 3 is 2.67 bits per heavy atom. The zero-order valence-corrected chi connectivity index (χ0v) is 14.7. The first-order valence-corrected chi connectivity index (χ1v) is 8.55. The fourth-order valence-corrected chi connectivity index (χ4v) is 2.65. The van der Waals surface area contributed by atoms with E-state index in [1.54, 1.807) is 7.11 Å². The molecule has 0 aromatic heterocycles. The molecule has 6 nitrogen and oxygen atoms in total. The summed E-state index contributed by atoms with van der Waals surface area (Å²) in [6.45, 7) is 3.97. The molecule has 2 rings (SSSR count). The molecule has 1 aliphatic carbocycles. The summed E-state index contributed by atoms with van der Waals surface area (Å²) in [6, 6.07) is 10.4. The van der Waals surface area contributed by atoms with Crippen molar-refractivity contribution in [2.75, 3.05) is 40.4 Å². The zero-order valence-electron chi connectivity index (χ0n) is 14.7. The number of alkyl carbamates (subject to hydrolysis) is 1. The zero-order chi connectivity index (χ0) is 17.2. The van der Waals surface area contributed by atoms with E-state index in [2.05, 4.69) is 22.6 Å². The Morgan fingerprint density at radius 1 is 1.21 bits per heavy atom. The third-order valence-corrected chi connectivity index (χ3v) is 4.28. The van der Waals surface area contributed by atoms with E-state index in [4.69, 9.17) is 9.47 Å². The number of rotatable bonds is 10. The molecule has 0 atom stereocenters. The van der Waals surface area contributed by atoms with Gasteiger partial charge in [0.25, 0.3) is 0 Å². The Bertz CT molecular complexity index is 478. The number of amides is 1. The highest BCUT2D eigenvalue weighted by Gasteiger charge is 2.30. The van der Waals surface area contributed by atoms with Crippen LogP contribution in [-0.4, -0.2) is 63.5 Å². The van der Waals surface area contributed by atoms with Crippen molar-refractivity contribution in [2.45, 2.75) is 31.5 Å². The van der Waals surface area contributed by atoms with Gasteiger partial charge in [0.15, 0.2) is 0 Å². The van der Waals surface area contributed by atoms with Crippen LogP contribution in [0.15, 0.2) is 30.3 Å². The van der Waals surface area contributed by atoms with Crippen molar-refractivity contribution in [1.29, 1.82) is 0 Å². The maximum Gasteiger partial charge on any atom is 0.407 e. The molecule has 6 heteroatoms. The molecule has 1 aromatic rings. The summed E-state index contributed by atoms with van der Waals surface area (Å²) in [7, 11) is 3.81. The van der Waals surface area contributed by atoms with E-state index in [1.807, 2.05) is 30.3 Å². The van der Waals surface area contributed by atoms with Crippen LogP contribution in [0.3, 0.4) is 0 Å². The first-order valence-electron chi connectivity index (χ1n) is 8.55. The normalized spacial score (nSPS) is 19.8. The van der Waals surface area contributed by atoms with Gasteiger partial charge >= 0.3 is 6.09 Å². The number of hydrogen-bond donors (Lipinski definition) is 2. The molecule has 0 saturated heterocycles. The van der Waals surface area contributed by atoms with Crippen molar-refractivity contribution in [3.05, 3.63) is 35.9 Å². The number of carbonyl (C=O) groups is 1. The Hall–Kier alpha value is -1.63. The highest BCUT2D eigenvalue weighted by molar-refractivity contribution is 5.67. The quantitative estimate of drug-likeness (QED) is 0.680. The van der Waals surface area contributed by atoms with Crippen LogP contribution in [0.5, 0.6) is 0 Å². The lowest BCUT2D eigenvalue weighted by molar-refractivity contribution is 0.125. The second-order valence-corrected chi connectivity index (χ2v) is 6.32. The van der Waals surface area contributed by atoms with Gasteiger partial charge in [-0.25, -0.2) is 4.79 Å². The van der Waals surface area contributed by atoms with E-state index in [0.29, 0.717) is 12.6 Å². The molecular weight excluding hydrogens is 306 g/mol. The van der Waals surface area contributed by atoms with Crippen LogP contribution in [-0.2, 0) is 16.1 Å². The first kappa shape index (κ1) is 18.7. The van der Waals surface area contributed by atoms with Gasteiger partial charge in [-0.2, -0.15) is 0 Å². The summed E-state index contributed by atoms with van der Waals surface area (Å²) in [5, 5.41) is 6.43. The van der Waals surface area contributed by atoms with E-state index >= 15 is 0 Å². The predicted octanol–water partition coefficient (Wildman–Crippen LogP) is 1.61. The molecule has 0 aliphatic heterocycles. The average molecular weight is 335 g/mol. The maximum atomic E-state index is 11.8. The van der Waals surface area contributed by atoms with Crippen LogP contribution in [0.1, 0.15) is 18.4 Å². The minimum absolute atomic E-state index is 0.219. The smallest absolute Gasteiger partial charge is 0.407 e. The molecule has 134 valence electrons. The SMILES string of the molecule is COCCN(C)CCNC1CC(NC(=O)OCc2ccccc2)C1. The lowest BCUT2D eigenvalue weighted by Gasteiger charge is -2.36. The second-order valence-electron chi connectivity index (χ2n) is 6.32. The number of methoxy groups -OCH3 is 1. The lowest BCUT2D eigenvalue weighted by Crippen LogP contribution is -2.53. The van der Waals surface area contributed by atoms with Crippen molar-refractivity contribution in [3.63, 3.8) is 0 Å². The van der Waals surface area contributed by atoms with Gasteiger partial charge in [-0.05, 0) is 25.5 Å². The molecule has 0 spiro atoms. The predicted molar refractivity (Wildman–Crippen MR) is 93.9 cm³/mol. The van der Waals surface area contributed by atoms with E-state index < -0.39 is 0 Å². The van der Waals surface area contributed by atoms with Gasteiger partial charge in [0.1, 0.15) is 6.61 Å². The Morgan fingerprint density at radius 2 is 1.96 bits per heavy atom. The Balaban J connectivity index is 1.49. The second kappa shape index (κ2) is 10.3. The fraction of sp³-hybridized carbons (Fsp3) is 0.611. The average Bonchev–Trinajstić information content (AvgIpc) is 2.56. The third kappa shape index (κ3) is 6.86. The van der Waals surface area contributed by atoms with Crippen molar-refractivity contribution >= 4 is 6.09 Å². The van der Waals surface area contributed by atoms with E-state index in [9.17, 15) is 4.79 Å². The van der Waals surface area contributed by atoms with Crippen LogP contribution >= 0.6 is 0 Å². The van der Waals surface area contributed by atoms with Crippen molar-refractivity contribution in [2.24, 2.45) is 0 Å². The molecule has 1 fully saturated rings. The standard InChI is InChI=1S/C18H29N3O3/c1-21(10-11-23-2)9-8-19-16-12-17(13-16)20-18(22)24-14-15-6-4-3-5-7-15/h3-7,16-17,19H,8-14H2,1-2H3,(H,20,22). The monoisotopic (exact) mass is 335 g/mol. The molecule has 2 N–H and O–H groups in total. The molecular formula is C18H29N3O3. The van der Waals surface area contributed by atoms with E-state index in [-0.39, 0.29) is 12.1 Å². The Labute approximate surface area is 144 Å². The molecule has 0 radical (unpaired) electrons. The summed E-state index contributed by atoms with van der Waals surface area (Å²) in [4.78, 5) is 14.0. The summed E-state index contributed by atoms with van der Waals surface area (Å²) in [6.07, 6.45) is 1.59.